The van der Waals surface area contributed by atoms with Crippen LogP contribution in [-0.2, 0) is 48.7 Å². The predicted molar refractivity (Wildman–Crippen MR) is 452 cm³/mol. The van der Waals surface area contributed by atoms with Gasteiger partial charge in [-0.15, -0.1) is 0 Å². The van der Waals surface area contributed by atoms with Crippen LogP contribution in [0.4, 0.5) is 51.2 Å². The van der Waals surface area contributed by atoms with Crippen LogP contribution in [0.3, 0.4) is 0 Å². The van der Waals surface area contributed by atoms with E-state index >= 15 is 0 Å². The van der Waals surface area contributed by atoms with E-state index in [0.717, 1.165) is 62.8 Å². The lowest BCUT2D eigenvalue weighted by Crippen LogP contribution is -2.66. The van der Waals surface area contributed by atoms with Gasteiger partial charge in [-0.3, -0.25) is 0 Å². The molecule has 0 saturated carbocycles. The van der Waals surface area contributed by atoms with Gasteiger partial charge in [-0.1, -0.05) is 283 Å². The molecule has 0 bridgehead atoms. The molecule has 0 atom stereocenters. The number of fused-ring (bicyclic) bond motifs is 8. The highest BCUT2D eigenvalue weighted by molar-refractivity contribution is 8.00. The van der Waals surface area contributed by atoms with Crippen molar-refractivity contribution >= 4 is 109 Å². The van der Waals surface area contributed by atoms with Crippen molar-refractivity contribution in [2.24, 2.45) is 0 Å². The third-order valence-corrected chi connectivity index (χ3v) is 23.5. The smallest absolute Gasteiger partial charge is 0.252 e. The minimum Gasteiger partial charge on any atom is -0.457 e. The molecule has 0 amide bonds. The van der Waals surface area contributed by atoms with Crippen LogP contribution in [-0.4, -0.2) is 13.4 Å². The summed E-state index contributed by atoms with van der Waals surface area (Å²) < 4.78 is 14.6. The molecule has 0 spiro atoms. The molecule has 4 aliphatic heterocycles. The van der Waals surface area contributed by atoms with E-state index < -0.39 is 0 Å². The lowest BCUT2D eigenvalue weighted by atomic mass is 9.29. The molecular weight excluding hydrogens is 1280 g/mol. The first kappa shape index (κ1) is 72.6. The van der Waals surface area contributed by atoms with Gasteiger partial charge >= 0.3 is 0 Å². The highest BCUT2D eigenvalue weighted by Gasteiger charge is 2.51. The van der Waals surface area contributed by atoms with Crippen LogP contribution in [0.15, 0.2) is 192 Å². The Morgan fingerprint density at radius 3 is 0.846 bits per heavy atom. The first-order valence-corrected chi connectivity index (χ1v) is 38.9. The zero-order valence-corrected chi connectivity index (χ0v) is 68.4. The van der Waals surface area contributed by atoms with E-state index in [1.165, 1.54) is 104 Å². The highest BCUT2D eigenvalue weighted by Crippen LogP contribution is 2.53. The fraction of sp³-hybridized carbons (Fsp3) is 0.375. The Balaban J connectivity index is 1.12. The molecule has 10 aromatic rings. The van der Waals surface area contributed by atoms with Gasteiger partial charge < -0.3 is 24.2 Å². The van der Waals surface area contributed by atoms with Crippen molar-refractivity contribution in [3.63, 3.8) is 0 Å². The van der Waals surface area contributed by atoms with Crippen LogP contribution >= 0.6 is 11.8 Å². The number of hydrogen-bond acceptors (Lipinski definition) is 6. The van der Waals surface area contributed by atoms with Gasteiger partial charge in [0.05, 0.1) is 0 Å². The van der Waals surface area contributed by atoms with Crippen LogP contribution in [0.5, 0.6) is 23.0 Å². The maximum absolute atomic E-state index is 7.38. The van der Waals surface area contributed by atoms with Gasteiger partial charge in [-0.05, 0) is 211 Å². The molecule has 534 valence electrons. The molecule has 0 unspecified atom stereocenters. The van der Waals surface area contributed by atoms with E-state index in [4.69, 9.17) is 9.47 Å². The summed E-state index contributed by atoms with van der Waals surface area (Å²) in [5, 5.41) is 0. The Morgan fingerprint density at radius 2 is 0.519 bits per heavy atom. The Labute approximate surface area is 629 Å². The molecule has 14 rings (SSSR count). The topological polar surface area (TPSA) is 28.2 Å². The third-order valence-electron chi connectivity index (χ3n) is 22.4. The summed E-state index contributed by atoms with van der Waals surface area (Å²) >= 11 is 1.90. The summed E-state index contributed by atoms with van der Waals surface area (Å²) in [5.74, 6) is 3.19. The van der Waals surface area contributed by atoms with Crippen molar-refractivity contribution in [3.8, 4) is 23.0 Å². The second-order valence-corrected chi connectivity index (χ2v) is 40.8. The summed E-state index contributed by atoms with van der Waals surface area (Å²) in [5.41, 5.74) is 28.9. The molecule has 4 heterocycles. The molecule has 4 aliphatic rings. The Hall–Kier alpha value is -8.32. The number of ether oxygens (including phenoxy) is 2. The highest BCUT2D eigenvalue weighted by atomic mass is 32.2. The van der Waals surface area contributed by atoms with Crippen molar-refractivity contribution in [2.45, 2.75) is 245 Å². The van der Waals surface area contributed by atoms with E-state index in [1.807, 2.05) is 11.8 Å². The van der Waals surface area contributed by atoms with E-state index in [9.17, 15) is 0 Å². The van der Waals surface area contributed by atoms with E-state index in [0.29, 0.717) is 0 Å². The average Bonchev–Trinajstić information content (AvgIpc) is 0.684. The normalized spacial score (nSPS) is 14.5. The van der Waals surface area contributed by atoms with Gasteiger partial charge in [-0.2, -0.15) is 0 Å². The van der Waals surface area contributed by atoms with E-state index in [1.54, 1.807) is 0 Å². The lowest BCUT2D eigenvalue weighted by molar-refractivity contribution is 0.480. The maximum atomic E-state index is 7.38. The van der Waals surface area contributed by atoms with Gasteiger partial charge in [0.1, 0.15) is 23.0 Å². The van der Waals surface area contributed by atoms with E-state index in [2.05, 4.69) is 384 Å². The van der Waals surface area contributed by atoms with Crippen LogP contribution in [0.25, 0.3) is 0 Å². The predicted octanol–water partition coefficient (Wildman–Crippen LogP) is 23.8. The first-order valence-electron chi connectivity index (χ1n) is 38.1. The zero-order chi connectivity index (χ0) is 75.0. The molecule has 0 radical (unpaired) electrons. The SMILES string of the molecule is CC(C)(C)c1ccc(Oc2cc3c4c(c2)N(c2ccc(C(C)(C)C)cc2)c2cc(C(C)(C)C)cc(C(C)(C)C)c2B4c2cc4c(cc2S3)N(c2ccc(C(C)(C)C)cc2)c2cc(Oc3ccc(C(C)(C)C)cc3)cc3c2B4c2c(cc(C(C)(C)C)cc2C(C)(C)C)N3c2ccc(C(C)(C)C)cc2)cc1. The van der Waals surface area contributed by atoms with Gasteiger partial charge in [0.15, 0.2) is 0 Å². The largest absolute Gasteiger partial charge is 0.457 e. The van der Waals surface area contributed by atoms with Crippen LogP contribution in [0.2, 0.25) is 0 Å². The second-order valence-electron chi connectivity index (χ2n) is 39.7. The summed E-state index contributed by atoms with van der Waals surface area (Å²) in [4.78, 5) is 10.2. The summed E-state index contributed by atoms with van der Waals surface area (Å²) in [6.45, 7) is 63.0. The number of hydrogen-bond donors (Lipinski definition) is 0. The quantitative estimate of drug-likeness (QED) is 0.148. The Kier molecular flexibility index (Phi) is 17.2. The van der Waals surface area contributed by atoms with Crippen LogP contribution in [0, 0.1) is 0 Å². The van der Waals surface area contributed by atoms with Crippen molar-refractivity contribution < 1.29 is 9.47 Å². The van der Waals surface area contributed by atoms with Crippen molar-refractivity contribution in [1.82, 2.24) is 0 Å². The first-order chi connectivity index (χ1) is 48.2. The summed E-state index contributed by atoms with van der Waals surface area (Å²) in [7, 11) is 0. The molecule has 0 aromatic heterocycles. The summed E-state index contributed by atoms with van der Waals surface area (Å²) in [6, 6.07) is 71.0. The monoisotopic (exact) mass is 1390 g/mol. The van der Waals surface area contributed by atoms with Gasteiger partial charge in [-0.25, -0.2) is 0 Å². The van der Waals surface area contributed by atoms with Crippen LogP contribution in [0.1, 0.15) is 237 Å². The van der Waals surface area contributed by atoms with Gasteiger partial charge in [0, 0.05) is 79.2 Å². The Bertz CT molecular complexity index is 5020. The van der Waals surface area contributed by atoms with Crippen molar-refractivity contribution in [2.75, 3.05) is 14.7 Å². The molecule has 10 aromatic carbocycles. The Morgan fingerprint density at radius 1 is 0.231 bits per heavy atom. The lowest BCUT2D eigenvalue weighted by Gasteiger charge is -2.47. The molecule has 8 heteroatoms. The minimum absolute atomic E-state index is 0.00385. The van der Waals surface area contributed by atoms with E-state index in [-0.39, 0.29) is 62.2 Å². The second kappa shape index (κ2) is 24.6. The molecule has 0 aliphatic carbocycles. The maximum Gasteiger partial charge on any atom is 0.252 e. The molecule has 104 heavy (non-hydrogen) atoms. The number of nitrogens with zero attached hydrogens (tertiary/aromatic N) is 3. The minimum atomic E-state index is -0.275. The number of benzene rings is 10. The van der Waals surface area contributed by atoms with Crippen LogP contribution < -0.4 is 57.0 Å². The van der Waals surface area contributed by atoms with Gasteiger partial charge in [0.2, 0.25) is 6.71 Å². The molecule has 0 N–H and O–H groups in total. The average molecular weight is 1390 g/mol. The molecule has 5 nitrogen and oxygen atoms in total. The van der Waals surface area contributed by atoms with Gasteiger partial charge in [0.25, 0.3) is 6.71 Å². The fourth-order valence-corrected chi connectivity index (χ4v) is 17.3. The zero-order valence-electron chi connectivity index (χ0n) is 67.5. The molecule has 0 fully saturated rings. The standard InChI is InChI=1S/C96H111B2N3O2S/c1-88(2,3)58-28-38-65(39-29-58)99-76-57-82-75(98-85-73(96(25,26)27)49-64(94(19,20)21)51-78(85)101(67-42-32-60(33-43-67)90(7,8)9)81-54-71(55-83(104-82)87(81)98)103-69-46-36-62(37-47-69)92(13,14)15)56-74(76)97-84-72(95(22,23)24)48-63(93(16,17)18)50-77(84)100(66-40-30-59(31-41-66)89(4,5)6)80-53-70(52-79(99)86(80)97)102-68-44-34-61(35-45-68)91(10,11)12/h28-57H,1-27H3. The number of rotatable bonds is 7. The molecule has 0 saturated heterocycles. The molecular formula is C96H111B2N3O2S. The van der Waals surface area contributed by atoms with Crippen molar-refractivity contribution in [3.05, 3.63) is 232 Å². The summed E-state index contributed by atoms with van der Waals surface area (Å²) in [6.07, 6.45) is 0. The fourth-order valence-electron chi connectivity index (χ4n) is 16.1. The third kappa shape index (κ3) is 13.1. The number of anilines is 9. The van der Waals surface area contributed by atoms with Crippen molar-refractivity contribution in [1.29, 1.82) is 0 Å².